The van der Waals surface area contributed by atoms with Crippen LogP contribution in [0, 0.1) is 0 Å². The van der Waals surface area contributed by atoms with Crippen LogP contribution in [0.3, 0.4) is 0 Å². The van der Waals surface area contributed by atoms with Gasteiger partial charge in [-0.1, -0.05) is 46.7 Å². The van der Waals surface area contributed by atoms with Crippen LogP contribution in [0.5, 0.6) is 0 Å². The molecule has 0 aliphatic carbocycles. The Morgan fingerprint density at radius 1 is 1.32 bits per heavy atom. The minimum atomic E-state index is 0.0475. The van der Waals surface area contributed by atoms with E-state index in [9.17, 15) is 5.11 Å². The molecule has 0 spiro atoms. The van der Waals surface area contributed by atoms with E-state index in [1.165, 1.54) is 5.56 Å². The van der Waals surface area contributed by atoms with Crippen molar-refractivity contribution < 1.29 is 5.11 Å². The smallest absolute Gasteiger partial charge is 0.168 e. The Hall–Kier alpha value is -0.780. The zero-order valence-corrected chi connectivity index (χ0v) is 13.2. The van der Waals surface area contributed by atoms with Crippen molar-refractivity contribution in [3.05, 3.63) is 46.2 Å². The molecule has 1 heterocycles. The lowest BCUT2D eigenvalue weighted by Crippen LogP contribution is -2.04. The number of aromatic nitrogens is 2. The maximum absolute atomic E-state index is 9.30. The lowest BCUT2D eigenvalue weighted by Gasteiger charge is -2.09. The molecule has 0 aliphatic rings. The Balaban J connectivity index is 2.06. The molecule has 1 N–H and O–H groups in total. The first-order valence-electron chi connectivity index (χ1n) is 6.27. The summed E-state index contributed by atoms with van der Waals surface area (Å²) in [6.07, 6.45) is 2.80. The summed E-state index contributed by atoms with van der Waals surface area (Å²) in [6, 6.07) is 8.31. The van der Waals surface area contributed by atoms with Crippen LogP contribution in [0.2, 0.25) is 0 Å². The Morgan fingerprint density at radius 2 is 2.05 bits per heavy atom. The number of benzene rings is 1. The summed E-state index contributed by atoms with van der Waals surface area (Å²) in [5, 5.41) is 10.3. The highest BCUT2D eigenvalue weighted by Crippen LogP contribution is 2.24. The molecule has 0 aliphatic heterocycles. The number of hydrogen-bond acceptors (Lipinski definition) is 3. The molecule has 0 unspecified atom stereocenters. The monoisotopic (exact) mass is 340 g/mol. The number of nitrogens with zero attached hydrogens (tertiary/aromatic N) is 2. The zero-order valence-electron chi connectivity index (χ0n) is 10.8. The fourth-order valence-electron chi connectivity index (χ4n) is 1.82. The van der Waals surface area contributed by atoms with E-state index in [0.29, 0.717) is 0 Å². The average molecular weight is 341 g/mol. The van der Waals surface area contributed by atoms with Gasteiger partial charge >= 0.3 is 0 Å². The van der Waals surface area contributed by atoms with Gasteiger partial charge in [0.25, 0.3) is 0 Å². The van der Waals surface area contributed by atoms with Crippen LogP contribution in [-0.4, -0.2) is 14.7 Å². The van der Waals surface area contributed by atoms with Crippen LogP contribution < -0.4 is 0 Å². The van der Waals surface area contributed by atoms with Gasteiger partial charge in [-0.2, -0.15) is 0 Å². The third-order valence-electron chi connectivity index (χ3n) is 2.79. The third-order valence-corrected chi connectivity index (χ3v) is 4.38. The predicted molar refractivity (Wildman–Crippen MR) is 82.1 cm³/mol. The quantitative estimate of drug-likeness (QED) is 0.812. The van der Waals surface area contributed by atoms with Crippen LogP contribution in [0.25, 0.3) is 0 Å². The summed E-state index contributed by atoms with van der Waals surface area (Å²) in [6.45, 7) is 3.08. The van der Waals surface area contributed by atoms with Crippen molar-refractivity contribution in [3.8, 4) is 0 Å². The molecule has 102 valence electrons. The SMILES string of the molecule is CCCn1c(CO)cnc1SCc1ccc(Br)cc1. The number of aliphatic hydroxyl groups excluding tert-OH is 1. The third kappa shape index (κ3) is 3.84. The van der Waals surface area contributed by atoms with Gasteiger partial charge in [-0.25, -0.2) is 4.98 Å². The molecular weight excluding hydrogens is 324 g/mol. The summed E-state index contributed by atoms with van der Waals surface area (Å²) in [5.41, 5.74) is 2.16. The van der Waals surface area contributed by atoms with E-state index in [1.54, 1.807) is 18.0 Å². The van der Waals surface area contributed by atoms with Crippen LogP contribution in [-0.2, 0) is 18.9 Å². The summed E-state index contributed by atoms with van der Waals surface area (Å²) >= 11 is 5.14. The Bertz CT molecular complexity index is 525. The molecular formula is C14H17BrN2OS. The lowest BCUT2D eigenvalue weighted by molar-refractivity contribution is 0.269. The maximum Gasteiger partial charge on any atom is 0.168 e. The molecule has 1 aromatic heterocycles. The van der Waals surface area contributed by atoms with Gasteiger partial charge in [0.15, 0.2) is 5.16 Å². The van der Waals surface area contributed by atoms with Crippen molar-refractivity contribution in [1.29, 1.82) is 0 Å². The fourth-order valence-corrected chi connectivity index (χ4v) is 3.07. The topological polar surface area (TPSA) is 38.0 Å². The fraction of sp³-hybridized carbons (Fsp3) is 0.357. The highest BCUT2D eigenvalue weighted by Gasteiger charge is 2.09. The molecule has 2 aromatic rings. The summed E-state index contributed by atoms with van der Waals surface area (Å²) in [7, 11) is 0. The number of rotatable bonds is 6. The van der Waals surface area contributed by atoms with Crippen molar-refractivity contribution in [2.24, 2.45) is 0 Å². The van der Waals surface area contributed by atoms with E-state index < -0.39 is 0 Å². The molecule has 0 bridgehead atoms. The molecule has 1 aromatic carbocycles. The van der Waals surface area contributed by atoms with Gasteiger partial charge in [0, 0.05) is 16.8 Å². The van der Waals surface area contributed by atoms with Crippen molar-refractivity contribution in [2.75, 3.05) is 0 Å². The normalized spacial score (nSPS) is 10.9. The molecule has 0 atom stereocenters. The van der Waals surface area contributed by atoms with Crippen molar-refractivity contribution in [2.45, 2.75) is 37.4 Å². The van der Waals surface area contributed by atoms with E-state index in [1.807, 2.05) is 12.1 Å². The van der Waals surface area contributed by atoms with Gasteiger partial charge < -0.3 is 9.67 Å². The molecule has 0 fully saturated rings. The predicted octanol–water partition coefficient (Wildman–Crippen LogP) is 3.84. The second-order valence-electron chi connectivity index (χ2n) is 4.26. The van der Waals surface area contributed by atoms with Crippen molar-refractivity contribution in [3.63, 3.8) is 0 Å². The number of thioether (sulfide) groups is 1. The number of halogens is 1. The van der Waals surface area contributed by atoms with Gasteiger partial charge in [0.1, 0.15) is 0 Å². The van der Waals surface area contributed by atoms with E-state index in [4.69, 9.17) is 0 Å². The second kappa shape index (κ2) is 7.12. The molecule has 0 amide bonds. The summed E-state index contributed by atoms with van der Waals surface area (Å²) in [4.78, 5) is 4.39. The standard InChI is InChI=1S/C14H17BrN2OS/c1-2-7-17-13(9-18)8-16-14(17)19-10-11-3-5-12(15)6-4-11/h3-6,8,18H,2,7,9-10H2,1H3. The molecule has 19 heavy (non-hydrogen) atoms. The average Bonchev–Trinajstić information content (AvgIpc) is 2.81. The first kappa shape index (κ1) is 14.6. The second-order valence-corrected chi connectivity index (χ2v) is 6.12. The van der Waals surface area contributed by atoms with Crippen LogP contribution in [0.1, 0.15) is 24.6 Å². The first-order chi connectivity index (χ1) is 9.24. The summed E-state index contributed by atoms with van der Waals surface area (Å²) < 4.78 is 3.19. The highest BCUT2D eigenvalue weighted by molar-refractivity contribution is 9.10. The maximum atomic E-state index is 9.30. The number of hydrogen-bond donors (Lipinski definition) is 1. The van der Waals surface area contributed by atoms with E-state index in [2.05, 4.69) is 44.5 Å². The molecule has 2 rings (SSSR count). The van der Waals surface area contributed by atoms with E-state index >= 15 is 0 Å². The van der Waals surface area contributed by atoms with Crippen molar-refractivity contribution >= 4 is 27.7 Å². The Labute approximate surface area is 126 Å². The molecule has 3 nitrogen and oxygen atoms in total. The van der Waals surface area contributed by atoms with Gasteiger partial charge in [-0.3, -0.25) is 0 Å². The summed E-state index contributed by atoms with van der Waals surface area (Å²) in [5.74, 6) is 0.888. The Morgan fingerprint density at radius 3 is 2.68 bits per heavy atom. The van der Waals surface area contributed by atoms with Gasteiger partial charge in [0.2, 0.25) is 0 Å². The zero-order chi connectivity index (χ0) is 13.7. The Kier molecular flexibility index (Phi) is 5.48. The first-order valence-corrected chi connectivity index (χ1v) is 8.05. The lowest BCUT2D eigenvalue weighted by atomic mass is 10.2. The molecule has 5 heteroatoms. The number of imidazole rings is 1. The molecule has 0 saturated carbocycles. The van der Waals surface area contributed by atoms with Gasteiger partial charge in [0.05, 0.1) is 18.5 Å². The van der Waals surface area contributed by atoms with E-state index in [0.717, 1.165) is 34.0 Å². The van der Waals surface area contributed by atoms with Gasteiger partial charge in [-0.05, 0) is 24.1 Å². The van der Waals surface area contributed by atoms with Gasteiger partial charge in [-0.15, -0.1) is 0 Å². The molecule has 0 radical (unpaired) electrons. The van der Waals surface area contributed by atoms with Crippen LogP contribution >= 0.6 is 27.7 Å². The largest absolute Gasteiger partial charge is 0.390 e. The highest BCUT2D eigenvalue weighted by atomic mass is 79.9. The minimum absolute atomic E-state index is 0.0475. The van der Waals surface area contributed by atoms with Crippen LogP contribution in [0.15, 0.2) is 40.1 Å². The minimum Gasteiger partial charge on any atom is -0.390 e. The molecule has 0 saturated heterocycles. The van der Waals surface area contributed by atoms with Crippen molar-refractivity contribution in [1.82, 2.24) is 9.55 Å². The van der Waals surface area contributed by atoms with Crippen LogP contribution in [0.4, 0.5) is 0 Å². The number of aliphatic hydroxyl groups is 1. The van der Waals surface area contributed by atoms with E-state index in [-0.39, 0.29) is 6.61 Å².